The number of halogens is 1. The van der Waals surface area contributed by atoms with Gasteiger partial charge in [-0.25, -0.2) is 4.98 Å². The van der Waals surface area contributed by atoms with Gasteiger partial charge >= 0.3 is 0 Å². The zero-order valence-electron chi connectivity index (χ0n) is 12.8. The van der Waals surface area contributed by atoms with Gasteiger partial charge in [0.25, 0.3) is 0 Å². The smallest absolute Gasteiger partial charge is 0.125 e. The molecule has 112 valence electrons. The molecule has 0 radical (unpaired) electrons. The summed E-state index contributed by atoms with van der Waals surface area (Å²) in [5.74, 6) is 1.23. The van der Waals surface area contributed by atoms with Gasteiger partial charge in [-0.05, 0) is 25.5 Å². The second-order valence-corrected chi connectivity index (χ2v) is 5.78. The molecule has 0 aliphatic rings. The third-order valence-corrected chi connectivity index (χ3v) is 4.19. The number of imidazole rings is 1. The average Bonchev–Trinajstić information content (AvgIpc) is 2.89. The molecule has 0 fully saturated rings. The van der Waals surface area contributed by atoms with E-state index in [1.54, 1.807) is 0 Å². The van der Waals surface area contributed by atoms with E-state index in [0.717, 1.165) is 23.3 Å². The normalized spacial score (nSPS) is 12.5. The third kappa shape index (κ3) is 3.39. The van der Waals surface area contributed by atoms with Gasteiger partial charge in [-0.3, -0.25) is 0 Å². The molecule has 4 heteroatoms. The van der Waals surface area contributed by atoms with Crippen LogP contribution >= 0.6 is 11.6 Å². The molecule has 1 atom stereocenters. The van der Waals surface area contributed by atoms with E-state index in [4.69, 9.17) is 11.6 Å². The highest BCUT2D eigenvalue weighted by Gasteiger charge is 2.16. The number of hydrogen-bond acceptors (Lipinski definition) is 2. The summed E-state index contributed by atoms with van der Waals surface area (Å²) in [6, 6.07) is 8.33. The van der Waals surface area contributed by atoms with Crippen molar-refractivity contribution in [1.82, 2.24) is 9.55 Å². The summed E-state index contributed by atoms with van der Waals surface area (Å²) in [5, 5.41) is 9.22. The van der Waals surface area contributed by atoms with E-state index in [0.29, 0.717) is 17.5 Å². The Kier molecular flexibility index (Phi) is 5.64. The third-order valence-electron chi connectivity index (χ3n) is 3.95. The van der Waals surface area contributed by atoms with Crippen LogP contribution in [0, 0.1) is 11.3 Å². The Labute approximate surface area is 131 Å². The predicted molar refractivity (Wildman–Crippen MR) is 87.5 cm³/mol. The van der Waals surface area contributed by atoms with Crippen LogP contribution in [0.5, 0.6) is 0 Å². The van der Waals surface area contributed by atoms with Crippen LogP contribution in [-0.2, 0) is 5.88 Å². The van der Waals surface area contributed by atoms with E-state index in [9.17, 15) is 5.26 Å². The van der Waals surface area contributed by atoms with Gasteiger partial charge in [0.1, 0.15) is 17.4 Å². The Balaban J connectivity index is 2.31. The Morgan fingerprint density at radius 3 is 2.81 bits per heavy atom. The van der Waals surface area contributed by atoms with E-state index in [1.165, 1.54) is 25.7 Å². The van der Waals surface area contributed by atoms with Gasteiger partial charge in [0.05, 0.1) is 17.0 Å². The van der Waals surface area contributed by atoms with Gasteiger partial charge < -0.3 is 4.57 Å². The molecule has 1 aromatic heterocycles. The molecule has 0 saturated heterocycles. The molecule has 21 heavy (non-hydrogen) atoms. The Bertz CT molecular complexity index is 639. The minimum atomic E-state index is 0.356. The summed E-state index contributed by atoms with van der Waals surface area (Å²) in [4.78, 5) is 4.58. The van der Waals surface area contributed by atoms with E-state index in [-0.39, 0.29) is 0 Å². The topological polar surface area (TPSA) is 41.6 Å². The number of unbranched alkanes of at least 4 members (excludes halogenated alkanes) is 3. The number of fused-ring (bicyclic) bond motifs is 1. The van der Waals surface area contributed by atoms with Crippen molar-refractivity contribution < 1.29 is 0 Å². The number of hydrogen-bond donors (Lipinski definition) is 0. The van der Waals surface area contributed by atoms with Crippen LogP contribution in [0.2, 0.25) is 0 Å². The highest BCUT2D eigenvalue weighted by Crippen LogP contribution is 2.27. The van der Waals surface area contributed by atoms with E-state index in [1.807, 2.05) is 18.2 Å². The molecule has 2 rings (SSSR count). The fourth-order valence-corrected chi connectivity index (χ4v) is 3.03. The maximum absolute atomic E-state index is 9.22. The highest BCUT2D eigenvalue weighted by molar-refractivity contribution is 6.16. The molecular weight excluding hydrogens is 282 g/mol. The number of nitriles is 1. The van der Waals surface area contributed by atoms with Crippen molar-refractivity contribution in [3.05, 3.63) is 29.6 Å². The summed E-state index contributed by atoms with van der Waals surface area (Å²) in [6.07, 6.45) is 6.15. The van der Waals surface area contributed by atoms with Crippen molar-refractivity contribution in [3.8, 4) is 6.07 Å². The van der Waals surface area contributed by atoms with Gasteiger partial charge in [0.15, 0.2) is 0 Å². The van der Waals surface area contributed by atoms with E-state index >= 15 is 0 Å². The van der Waals surface area contributed by atoms with Crippen LogP contribution in [-0.4, -0.2) is 9.55 Å². The molecular formula is C17H22ClN3. The van der Waals surface area contributed by atoms with Crippen LogP contribution in [0.25, 0.3) is 11.0 Å². The average molecular weight is 304 g/mol. The largest absolute Gasteiger partial charge is 0.324 e. The summed E-state index contributed by atoms with van der Waals surface area (Å²) >= 11 is 6.06. The molecule has 0 N–H and O–H groups in total. The number of aromatic nitrogens is 2. The van der Waals surface area contributed by atoms with Crippen molar-refractivity contribution >= 4 is 22.6 Å². The fourth-order valence-electron chi connectivity index (χ4n) is 2.84. The first-order chi connectivity index (χ1) is 10.2. The molecule has 0 spiro atoms. The lowest BCUT2D eigenvalue weighted by molar-refractivity contribution is 0.473. The van der Waals surface area contributed by atoms with Crippen LogP contribution in [0.15, 0.2) is 18.2 Å². The predicted octanol–water partition coefficient (Wildman–Crippen LogP) is 5.18. The van der Waals surface area contributed by atoms with Crippen LogP contribution < -0.4 is 0 Å². The standard InChI is InChI=1S/C17H22ClN3/c1-3-4-5-6-8-13(2)21-15-10-7-9-14(12-19)17(15)20-16(21)11-18/h7,9-10,13H,3-6,8,11H2,1-2H3. The number of alkyl halides is 1. The maximum Gasteiger partial charge on any atom is 0.125 e. The number of nitrogens with zero attached hydrogens (tertiary/aromatic N) is 3. The van der Waals surface area contributed by atoms with Crippen LogP contribution in [0.1, 0.15) is 63.4 Å². The molecule has 0 saturated carbocycles. The van der Waals surface area contributed by atoms with E-state index < -0.39 is 0 Å². The molecule has 0 bridgehead atoms. The molecule has 0 amide bonds. The zero-order chi connectivity index (χ0) is 15.2. The second-order valence-electron chi connectivity index (χ2n) is 5.52. The molecule has 1 heterocycles. The summed E-state index contributed by atoms with van der Waals surface area (Å²) < 4.78 is 2.20. The van der Waals surface area contributed by atoms with Gasteiger partial charge in [-0.15, -0.1) is 11.6 Å². The number of benzene rings is 1. The van der Waals surface area contributed by atoms with Crippen molar-refractivity contribution in [3.63, 3.8) is 0 Å². The maximum atomic E-state index is 9.22. The SMILES string of the molecule is CCCCCCC(C)n1c(CCl)nc2c(C#N)cccc21. The van der Waals surface area contributed by atoms with Crippen molar-refractivity contribution in [2.75, 3.05) is 0 Å². The highest BCUT2D eigenvalue weighted by atomic mass is 35.5. The first-order valence-electron chi connectivity index (χ1n) is 7.68. The number of para-hydroxylation sites is 1. The van der Waals surface area contributed by atoms with Gasteiger partial charge in [0, 0.05) is 6.04 Å². The van der Waals surface area contributed by atoms with Crippen molar-refractivity contribution in [2.24, 2.45) is 0 Å². The lowest BCUT2D eigenvalue weighted by Gasteiger charge is -2.17. The van der Waals surface area contributed by atoms with Gasteiger partial charge in [-0.1, -0.05) is 38.7 Å². The summed E-state index contributed by atoms with van der Waals surface area (Å²) in [7, 11) is 0. The van der Waals surface area contributed by atoms with Gasteiger partial charge in [0.2, 0.25) is 0 Å². The Hall–Kier alpha value is -1.53. The monoisotopic (exact) mass is 303 g/mol. The van der Waals surface area contributed by atoms with Crippen molar-refractivity contribution in [1.29, 1.82) is 5.26 Å². The van der Waals surface area contributed by atoms with Crippen molar-refractivity contribution in [2.45, 2.75) is 57.9 Å². The Morgan fingerprint density at radius 1 is 1.33 bits per heavy atom. The second kappa shape index (κ2) is 7.47. The van der Waals surface area contributed by atoms with E-state index in [2.05, 4.69) is 29.5 Å². The minimum Gasteiger partial charge on any atom is -0.324 e. The quantitative estimate of drug-likeness (QED) is 0.522. The molecule has 1 aromatic carbocycles. The molecule has 2 aromatic rings. The van der Waals surface area contributed by atoms with Crippen LogP contribution in [0.3, 0.4) is 0 Å². The minimum absolute atomic E-state index is 0.356. The first kappa shape index (κ1) is 15.9. The molecule has 1 unspecified atom stereocenters. The van der Waals surface area contributed by atoms with Crippen LogP contribution in [0.4, 0.5) is 0 Å². The first-order valence-corrected chi connectivity index (χ1v) is 8.22. The Morgan fingerprint density at radius 2 is 2.14 bits per heavy atom. The lowest BCUT2D eigenvalue weighted by Crippen LogP contribution is -2.08. The summed E-state index contributed by atoms with van der Waals surface area (Å²) in [6.45, 7) is 4.43. The number of rotatable bonds is 7. The van der Waals surface area contributed by atoms with Gasteiger partial charge in [-0.2, -0.15) is 5.26 Å². The summed E-state index contributed by atoms with van der Waals surface area (Å²) in [5.41, 5.74) is 2.42. The zero-order valence-corrected chi connectivity index (χ0v) is 13.5. The molecule has 0 aliphatic carbocycles. The molecule has 0 aliphatic heterocycles. The fraction of sp³-hybridized carbons (Fsp3) is 0.529. The molecule has 3 nitrogen and oxygen atoms in total. The lowest BCUT2D eigenvalue weighted by atomic mass is 10.1.